The molecule has 1 N–H and O–H groups in total. The van der Waals surface area contributed by atoms with E-state index in [0.29, 0.717) is 11.6 Å². The van der Waals surface area contributed by atoms with Crippen LogP contribution in [0.25, 0.3) is 0 Å². The van der Waals surface area contributed by atoms with E-state index in [1.807, 2.05) is 7.05 Å². The SMILES string of the molecule is CN(CC1CCCCN1)c1cnccc1C#N. The predicted molar refractivity (Wildman–Crippen MR) is 67.9 cm³/mol. The van der Waals surface area contributed by atoms with E-state index in [4.69, 9.17) is 5.26 Å². The van der Waals surface area contributed by atoms with Crippen molar-refractivity contribution in [1.82, 2.24) is 10.3 Å². The molecule has 1 aromatic rings. The summed E-state index contributed by atoms with van der Waals surface area (Å²) in [4.78, 5) is 6.21. The predicted octanol–water partition coefficient (Wildman–Crippen LogP) is 1.53. The molecule has 1 atom stereocenters. The summed E-state index contributed by atoms with van der Waals surface area (Å²) in [6.45, 7) is 2.04. The zero-order chi connectivity index (χ0) is 12.1. The zero-order valence-corrected chi connectivity index (χ0v) is 10.2. The Morgan fingerprint density at radius 3 is 3.18 bits per heavy atom. The molecule has 1 aliphatic rings. The van der Waals surface area contributed by atoms with Gasteiger partial charge in [0.25, 0.3) is 0 Å². The lowest BCUT2D eigenvalue weighted by Gasteiger charge is -2.29. The minimum atomic E-state index is 0.528. The number of likely N-dealkylation sites (N-methyl/N-ethyl adjacent to an activating group) is 1. The molecule has 0 saturated carbocycles. The topological polar surface area (TPSA) is 52.0 Å². The summed E-state index contributed by atoms with van der Waals surface area (Å²) >= 11 is 0. The van der Waals surface area contributed by atoms with Gasteiger partial charge in [-0.25, -0.2) is 0 Å². The van der Waals surface area contributed by atoms with Crippen LogP contribution in [0, 0.1) is 11.3 Å². The standard InChI is InChI=1S/C13H18N4/c1-17(10-12-4-2-3-6-16-12)13-9-15-7-5-11(13)8-14/h5,7,9,12,16H,2-4,6,10H2,1H3. The third kappa shape index (κ3) is 2.95. The third-order valence-electron chi connectivity index (χ3n) is 3.24. The van der Waals surface area contributed by atoms with Gasteiger partial charge in [0, 0.05) is 25.8 Å². The molecule has 0 aliphatic carbocycles. The van der Waals surface area contributed by atoms with Crippen LogP contribution in [0.5, 0.6) is 0 Å². The van der Waals surface area contributed by atoms with Gasteiger partial charge in [-0.05, 0) is 25.5 Å². The summed E-state index contributed by atoms with van der Waals surface area (Å²) in [5.41, 5.74) is 1.61. The van der Waals surface area contributed by atoms with Gasteiger partial charge in [0.2, 0.25) is 0 Å². The first-order valence-electron chi connectivity index (χ1n) is 6.10. The number of hydrogen-bond acceptors (Lipinski definition) is 4. The first kappa shape index (κ1) is 11.9. The van der Waals surface area contributed by atoms with Crippen LogP contribution in [-0.4, -0.2) is 31.2 Å². The fourth-order valence-electron chi connectivity index (χ4n) is 2.29. The molecule has 0 amide bonds. The molecule has 0 aromatic carbocycles. The molecule has 0 spiro atoms. The Balaban J connectivity index is 2.03. The van der Waals surface area contributed by atoms with Crippen molar-refractivity contribution in [3.05, 3.63) is 24.0 Å². The first-order chi connectivity index (χ1) is 8.31. The first-order valence-corrected chi connectivity index (χ1v) is 6.10. The number of aromatic nitrogens is 1. The molecule has 2 heterocycles. The minimum absolute atomic E-state index is 0.528. The molecule has 0 radical (unpaired) electrons. The number of nitrogens with one attached hydrogen (secondary N) is 1. The maximum Gasteiger partial charge on any atom is 0.101 e. The van der Waals surface area contributed by atoms with E-state index in [-0.39, 0.29) is 0 Å². The lowest BCUT2D eigenvalue weighted by atomic mass is 10.0. The van der Waals surface area contributed by atoms with Gasteiger partial charge in [-0.15, -0.1) is 0 Å². The number of hydrogen-bond donors (Lipinski definition) is 1. The molecule has 0 bridgehead atoms. The lowest BCUT2D eigenvalue weighted by molar-refractivity contribution is 0.403. The van der Waals surface area contributed by atoms with Crippen LogP contribution in [0.2, 0.25) is 0 Å². The van der Waals surface area contributed by atoms with Crippen molar-refractivity contribution in [2.45, 2.75) is 25.3 Å². The Hall–Kier alpha value is -1.60. The second-order valence-corrected chi connectivity index (χ2v) is 4.53. The quantitative estimate of drug-likeness (QED) is 0.855. The van der Waals surface area contributed by atoms with Crippen LogP contribution in [0.4, 0.5) is 5.69 Å². The molecule has 4 heteroatoms. The van der Waals surface area contributed by atoms with E-state index >= 15 is 0 Å². The van der Waals surface area contributed by atoms with Gasteiger partial charge in [-0.3, -0.25) is 4.98 Å². The summed E-state index contributed by atoms with van der Waals surface area (Å²) in [6, 6.07) is 4.50. The monoisotopic (exact) mass is 230 g/mol. The molecule has 1 saturated heterocycles. The normalized spacial score (nSPS) is 19.6. The van der Waals surface area contributed by atoms with Gasteiger partial charge < -0.3 is 10.2 Å². The maximum atomic E-state index is 9.05. The summed E-state index contributed by atoms with van der Waals surface area (Å²) in [5, 5.41) is 12.6. The Morgan fingerprint density at radius 2 is 2.47 bits per heavy atom. The Bertz CT molecular complexity index is 404. The molecule has 90 valence electrons. The molecule has 2 rings (SSSR count). The van der Waals surface area contributed by atoms with Crippen molar-refractivity contribution >= 4 is 5.69 Å². The minimum Gasteiger partial charge on any atom is -0.371 e. The van der Waals surface area contributed by atoms with Crippen LogP contribution < -0.4 is 10.2 Å². The fourth-order valence-corrected chi connectivity index (χ4v) is 2.29. The highest BCUT2D eigenvalue weighted by molar-refractivity contribution is 5.57. The number of nitrogens with zero attached hydrogens (tertiary/aromatic N) is 3. The van der Waals surface area contributed by atoms with E-state index in [1.165, 1.54) is 19.3 Å². The summed E-state index contributed by atoms with van der Waals surface area (Å²) in [5.74, 6) is 0. The Morgan fingerprint density at radius 1 is 1.59 bits per heavy atom. The number of nitriles is 1. The largest absolute Gasteiger partial charge is 0.371 e. The van der Waals surface area contributed by atoms with E-state index in [1.54, 1.807) is 18.5 Å². The highest BCUT2D eigenvalue weighted by Gasteiger charge is 2.16. The summed E-state index contributed by atoms with van der Waals surface area (Å²) < 4.78 is 0. The Labute approximate surface area is 102 Å². The average Bonchev–Trinajstić information content (AvgIpc) is 2.40. The maximum absolute atomic E-state index is 9.05. The van der Waals surface area contributed by atoms with Gasteiger partial charge in [-0.1, -0.05) is 6.42 Å². The van der Waals surface area contributed by atoms with Crippen LogP contribution >= 0.6 is 0 Å². The van der Waals surface area contributed by atoms with Crippen molar-refractivity contribution in [1.29, 1.82) is 5.26 Å². The van der Waals surface area contributed by atoms with Crippen molar-refractivity contribution in [3.63, 3.8) is 0 Å². The van der Waals surface area contributed by atoms with Gasteiger partial charge in [-0.2, -0.15) is 5.26 Å². The summed E-state index contributed by atoms with van der Waals surface area (Å²) in [6.07, 6.45) is 7.21. The molecule has 1 aromatic heterocycles. The molecule has 1 aliphatic heterocycles. The van der Waals surface area contributed by atoms with Crippen LogP contribution in [0.15, 0.2) is 18.5 Å². The highest BCUT2D eigenvalue weighted by atomic mass is 15.1. The molecule has 1 fully saturated rings. The zero-order valence-electron chi connectivity index (χ0n) is 10.2. The van der Waals surface area contributed by atoms with E-state index in [9.17, 15) is 0 Å². The van der Waals surface area contributed by atoms with Crippen molar-refractivity contribution in [2.24, 2.45) is 0 Å². The van der Waals surface area contributed by atoms with Crippen molar-refractivity contribution in [2.75, 3.05) is 25.0 Å². The number of rotatable bonds is 3. The smallest absolute Gasteiger partial charge is 0.101 e. The highest BCUT2D eigenvalue weighted by Crippen LogP contribution is 2.18. The van der Waals surface area contributed by atoms with E-state index in [0.717, 1.165) is 18.8 Å². The van der Waals surface area contributed by atoms with E-state index in [2.05, 4.69) is 21.3 Å². The molecule has 4 nitrogen and oxygen atoms in total. The number of pyridine rings is 1. The molecular formula is C13H18N4. The molecule has 1 unspecified atom stereocenters. The second-order valence-electron chi connectivity index (χ2n) is 4.53. The second kappa shape index (κ2) is 5.65. The van der Waals surface area contributed by atoms with Crippen molar-refractivity contribution in [3.8, 4) is 6.07 Å². The van der Waals surface area contributed by atoms with E-state index < -0.39 is 0 Å². The van der Waals surface area contributed by atoms with Gasteiger partial charge in [0.1, 0.15) is 6.07 Å². The van der Waals surface area contributed by atoms with Crippen LogP contribution in [-0.2, 0) is 0 Å². The Kier molecular flexibility index (Phi) is 3.94. The van der Waals surface area contributed by atoms with Gasteiger partial charge in [0.05, 0.1) is 17.4 Å². The average molecular weight is 230 g/mol. The lowest BCUT2D eigenvalue weighted by Crippen LogP contribution is -2.42. The van der Waals surface area contributed by atoms with Gasteiger partial charge in [0.15, 0.2) is 0 Å². The molecular weight excluding hydrogens is 212 g/mol. The summed E-state index contributed by atoms with van der Waals surface area (Å²) in [7, 11) is 2.02. The third-order valence-corrected chi connectivity index (χ3v) is 3.24. The van der Waals surface area contributed by atoms with Gasteiger partial charge >= 0.3 is 0 Å². The molecule has 17 heavy (non-hydrogen) atoms. The fraction of sp³-hybridized carbons (Fsp3) is 0.538. The van der Waals surface area contributed by atoms with Crippen LogP contribution in [0.3, 0.4) is 0 Å². The van der Waals surface area contributed by atoms with Crippen molar-refractivity contribution < 1.29 is 0 Å². The number of piperidine rings is 1. The number of anilines is 1. The van der Waals surface area contributed by atoms with Crippen LogP contribution in [0.1, 0.15) is 24.8 Å².